The first kappa shape index (κ1) is 19.1. The third kappa shape index (κ3) is 3.99. The Morgan fingerprint density at radius 3 is 2.72 bits per heavy atom. The molecule has 0 spiro atoms. The van der Waals surface area contributed by atoms with E-state index in [1.165, 1.54) is 0 Å². The maximum absolute atomic E-state index is 13.0. The molecule has 5 nitrogen and oxygen atoms in total. The van der Waals surface area contributed by atoms with Crippen molar-refractivity contribution in [3.05, 3.63) is 70.4 Å². The molecule has 29 heavy (non-hydrogen) atoms. The van der Waals surface area contributed by atoms with E-state index in [9.17, 15) is 9.59 Å². The molecule has 2 aromatic carbocycles. The number of para-hydroxylation sites is 1. The standard InChI is InChI=1S/C24H24N2O3/c1-15-11-12-16(2)21(13-15)26-22(27)14-29-24(28)23-17-7-3-5-9-19(17)25-20-10-6-4-8-18(20)23/h3,5,7,9,11-13H,4,6,8,10,14H2,1-2H3,(H,26,27). The van der Waals surface area contributed by atoms with Gasteiger partial charge in [-0.05, 0) is 68.4 Å². The third-order valence-electron chi connectivity index (χ3n) is 5.37. The van der Waals surface area contributed by atoms with E-state index in [1.807, 2.05) is 56.3 Å². The molecule has 3 aromatic rings. The van der Waals surface area contributed by atoms with Crippen LogP contribution in [0.3, 0.4) is 0 Å². The fraction of sp³-hybridized carbons (Fsp3) is 0.292. The maximum atomic E-state index is 13.0. The van der Waals surface area contributed by atoms with Gasteiger partial charge in [0.1, 0.15) is 0 Å². The largest absolute Gasteiger partial charge is 0.452 e. The second-order valence-electron chi connectivity index (χ2n) is 7.58. The van der Waals surface area contributed by atoms with Crippen LogP contribution in [0, 0.1) is 13.8 Å². The Morgan fingerprint density at radius 2 is 1.86 bits per heavy atom. The molecule has 1 aliphatic rings. The molecule has 0 bridgehead atoms. The predicted molar refractivity (Wildman–Crippen MR) is 113 cm³/mol. The van der Waals surface area contributed by atoms with Crippen LogP contribution in [0.1, 0.15) is 45.6 Å². The lowest BCUT2D eigenvalue weighted by Crippen LogP contribution is -2.23. The number of hydrogen-bond acceptors (Lipinski definition) is 4. The Hall–Kier alpha value is -3.21. The average molecular weight is 388 g/mol. The first-order valence-corrected chi connectivity index (χ1v) is 9.97. The highest BCUT2D eigenvalue weighted by Gasteiger charge is 2.24. The fourth-order valence-corrected chi connectivity index (χ4v) is 3.87. The molecule has 0 unspecified atom stereocenters. The molecule has 0 fully saturated rings. The van der Waals surface area contributed by atoms with Crippen LogP contribution in [0.5, 0.6) is 0 Å². The van der Waals surface area contributed by atoms with Crippen LogP contribution in [0.15, 0.2) is 42.5 Å². The molecule has 4 rings (SSSR count). The Bertz CT molecular complexity index is 1100. The van der Waals surface area contributed by atoms with Crippen molar-refractivity contribution < 1.29 is 14.3 Å². The van der Waals surface area contributed by atoms with Gasteiger partial charge in [-0.1, -0.05) is 30.3 Å². The quantitative estimate of drug-likeness (QED) is 0.667. The van der Waals surface area contributed by atoms with Crippen molar-refractivity contribution >= 4 is 28.5 Å². The van der Waals surface area contributed by atoms with Crippen molar-refractivity contribution in [2.24, 2.45) is 0 Å². The number of amides is 1. The minimum atomic E-state index is -0.460. The number of benzene rings is 2. The summed E-state index contributed by atoms with van der Waals surface area (Å²) in [5.41, 5.74) is 6.04. The number of pyridine rings is 1. The van der Waals surface area contributed by atoms with Crippen LogP contribution in [0.4, 0.5) is 5.69 Å². The number of aryl methyl sites for hydroxylation is 3. The topological polar surface area (TPSA) is 68.3 Å². The molecule has 1 amide bonds. The first-order valence-electron chi connectivity index (χ1n) is 9.97. The monoisotopic (exact) mass is 388 g/mol. The van der Waals surface area contributed by atoms with Crippen LogP contribution in [0.25, 0.3) is 10.9 Å². The van der Waals surface area contributed by atoms with Gasteiger partial charge in [0, 0.05) is 16.8 Å². The van der Waals surface area contributed by atoms with Crippen molar-refractivity contribution in [2.75, 3.05) is 11.9 Å². The van der Waals surface area contributed by atoms with E-state index in [-0.39, 0.29) is 12.5 Å². The molecule has 0 atom stereocenters. The lowest BCUT2D eigenvalue weighted by molar-refractivity contribution is -0.119. The number of hydrogen-bond donors (Lipinski definition) is 1. The molecular formula is C24H24N2O3. The molecule has 148 valence electrons. The van der Waals surface area contributed by atoms with Gasteiger partial charge in [0.2, 0.25) is 0 Å². The van der Waals surface area contributed by atoms with E-state index < -0.39 is 5.97 Å². The zero-order valence-electron chi connectivity index (χ0n) is 16.7. The molecule has 1 N–H and O–H groups in total. The highest BCUT2D eigenvalue weighted by atomic mass is 16.5. The van der Waals surface area contributed by atoms with Gasteiger partial charge in [-0.2, -0.15) is 0 Å². The van der Waals surface area contributed by atoms with E-state index in [4.69, 9.17) is 9.72 Å². The zero-order chi connectivity index (χ0) is 20.4. The number of carbonyl (C=O) groups is 2. The first-order chi connectivity index (χ1) is 14.0. The predicted octanol–water partition coefficient (Wildman–Crippen LogP) is 4.53. The molecule has 5 heteroatoms. The van der Waals surface area contributed by atoms with E-state index in [2.05, 4.69) is 5.32 Å². The van der Waals surface area contributed by atoms with E-state index in [0.29, 0.717) is 5.56 Å². The van der Waals surface area contributed by atoms with Crippen molar-refractivity contribution in [1.82, 2.24) is 4.98 Å². The summed E-state index contributed by atoms with van der Waals surface area (Å²) < 4.78 is 5.43. The van der Waals surface area contributed by atoms with Crippen molar-refractivity contribution in [3.63, 3.8) is 0 Å². The summed E-state index contributed by atoms with van der Waals surface area (Å²) in [6.45, 7) is 3.57. The molecule has 0 radical (unpaired) electrons. The van der Waals surface area contributed by atoms with Crippen LogP contribution in [-0.4, -0.2) is 23.5 Å². The molecule has 1 aromatic heterocycles. The minimum Gasteiger partial charge on any atom is -0.452 e. The van der Waals surface area contributed by atoms with Crippen molar-refractivity contribution in [2.45, 2.75) is 39.5 Å². The molecule has 0 saturated carbocycles. The number of rotatable bonds is 4. The second kappa shape index (κ2) is 8.03. The third-order valence-corrected chi connectivity index (χ3v) is 5.37. The SMILES string of the molecule is Cc1ccc(C)c(NC(=O)COC(=O)c2c3c(nc4ccccc24)CCCC3)c1. The van der Waals surface area contributed by atoms with E-state index in [1.54, 1.807) is 0 Å². The lowest BCUT2D eigenvalue weighted by Gasteiger charge is -2.20. The van der Waals surface area contributed by atoms with Crippen molar-refractivity contribution in [3.8, 4) is 0 Å². The van der Waals surface area contributed by atoms with E-state index >= 15 is 0 Å². The highest BCUT2D eigenvalue weighted by Crippen LogP contribution is 2.29. The molecule has 1 aliphatic carbocycles. The molecule has 0 saturated heterocycles. The Balaban J connectivity index is 1.55. The number of anilines is 1. The Labute approximate surface area is 170 Å². The summed E-state index contributed by atoms with van der Waals surface area (Å²) in [4.78, 5) is 30.1. The number of fused-ring (bicyclic) bond motifs is 2. The Kier molecular flexibility index (Phi) is 5.30. The highest BCUT2D eigenvalue weighted by molar-refractivity contribution is 6.06. The molecular weight excluding hydrogens is 364 g/mol. The Morgan fingerprint density at radius 1 is 1.07 bits per heavy atom. The van der Waals surface area contributed by atoms with Crippen LogP contribution in [-0.2, 0) is 22.4 Å². The number of carbonyl (C=O) groups excluding carboxylic acids is 2. The summed E-state index contributed by atoms with van der Waals surface area (Å²) in [5.74, 6) is -0.808. The smallest absolute Gasteiger partial charge is 0.339 e. The number of nitrogens with one attached hydrogen (secondary N) is 1. The summed E-state index contributed by atoms with van der Waals surface area (Å²) in [6.07, 6.45) is 3.78. The van der Waals surface area contributed by atoms with Crippen molar-refractivity contribution in [1.29, 1.82) is 0 Å². The second-order valence-corrected chi connectivity index (χ2v) is 7.58. The van der Waals surface area contributed by atoms with Gasteiger partial charge in [0.05, 0.1) is 11.1 Å². The van der Waals surface area contributed by atoms with Crippen LogP contribution >= 0.6 is 0 Å². The molecule has 1 heterocycles. The van der Waals surface area contributed by atoms with Gasteiger partial charge in [-0.15, -0.1) is 0 Å². The van der Waals surface area contributed by atoms with Gasteiger partial charge in [-0.3, -0.25) is 9.78 Å². The summed E-state index contributed by atoms with van der Waals surface area (Å²) in [5, 5.41) is 3.61. The normalized spacial score (nSPS) is 13.0. The van der Waals surface area contributed by atoms with Gasteiger partial charge in [-0.25, -0.2) is 4.79 Å². The maximum Gasteiger partial charge on any atom is 0.339 e. The number of esters is 1. The van der Waals surface area contributed by atoms with E-state index in [0.717, 1.165) is 64.7 Å². The fourth-order valence-electron chi connectivity index (χ4n) is 3.87. The summed E-state index contributed by atoms with van der Waals surface area (Å²) >= 11 is 0. The summed E-state index contributed by atoms with van der Waals surface area (Å²) in [6, 6.07) is 13.5. The zero-order valence-corrected chi connectivity index (χ0v) is 16.7. The molecule has 0 aliphatic heterocycles. The van der Waals surface area contributed by atoms with Gasteiger partial charge in [0.15, 0.2) is 6.61 Å². The lowest BCUT2D eigenvalue weighted by atomic mass is 9.90. The van der Waals surface area contributed by atoms with Gasteiger partial charge < -0.3 is 10.1 Å². The number of ether oxygens (including phenoxy) is 1. The van der Waals surface area contributed by atoms with Crippen LogP contribution in [0.2, 0.25) is 0 Å². The van der Waals surface area contributed by atoms with Gasteiger partial charge in [0.25, 0.3) is 5.91 Å². The average Bonchev–Trinajstić information content (AvgIpc) is 2.73. The number of nitrogens with zero attached hydrogens (tertiary/aromatic N) is 1. The van der Waals surface area contributed by atoms with Crippen LogP contribution < -0.4 is 5.32 Å². The van der Waals surface area contributed by atoms with Gasteiger partial charge >= 0.3 is 5.97 Å². The summed E-state index contributed by atoms with van der Waals surface area (Å²) in [7, 11) is 0. The minimum absolute atomic E-state index is 0.322. The number of aromatic nitrogens is 1.